The summed E-state index contributed by atoms with van der Waals surface area (Å²) in [7, 11) is 0. The summed E-state index contributed by atoms with van der Waals surface area (Å²) < 4.78 is 0. The van der Waals surface area contributed by atoms with E-state index in [1.807, 2.05) is 12.1 Å². The van der Waals surface area contributed by atoms with Gasteiger partial charge in [-0.1, -0.05) is 12.1 Å². The molecule has 0 amide bonds. The lowest BCUT2D eigenvalue weighted by Gasteiger charge is -2.35. The van der Waals surface area contributed by atoms with E-state index in [0.29, 0.717) is 6.04 Å². The van der Waals surface area contributed by atoms with E-state index in [2.05, 4.69) is 36.2 Å². The average Bonchev–Trinajstić information content (AvgIpc) is 2.28. The predicted octanol–water partition coefficient (Wildman–Crippen LogP) is 1.66. The number of anilines is 1. The van der Waals surface area contributed by atoms with E-state index in [1.54, 1.807) is 0 Å². The fraction of sp³-hybridized carbons (Fsp3) is 0.462. The number of nitrogens with one attached hydrogen (secondary N) is 1. The van der Waals surface area contributed by atoms with Crippen LogP contribution >= 0.6 is 0 Å². The molecule has 1 atom stereocenters. The van der Waals surface area contributed by atoms with Gasteiger partial charge in [0.05, 0.1) is 11.3 Å². The van der Waals surface area contributed by atoms with Gasteiger partial charge in [0.2, 0.25) is 0 Å². The van der Waals surface area contributed by atoms with Crippen LogP contribution in [-0.2, 0) is 0 Å². The second-order valence-electron chi connectivity index (χ2n) is 4.38. The number of nitriles is 1. The lowest BCUT2D eigenvalue weighted by molar-refractivity contribution is 0.484. The largest absolute Gasteiger partial charge is 0.367 e. The van der Waals surface area contributed by atoms with Gasteiger partial charge in [-0.2, -0.15) is 5.26 Å². The van der Waals surface area contributed by atoms with Crippen molar-refractivity contribution in [3.05, 3.63) is 29.3 Å². The summed E-state index contributed by atoms with van der Waals surface area (Å²) in [5, 5.41) is 12.6. The maximum atomic E-state index is 9.15. The Hall–Kier alpha value is -1.53. The molecule has 1 fully saturated rings. The van der Waals surface area contributed by atoms with Crippen LogP contribution in [0.25, 0.3) is 0 Å². The Labute approximate surface area is 96.7 Å². The third-order valence-corrected chi connectivity index (χ3v) is 3.04. The first-order valence-electron chi connectivity index (χ1n) is 5.70. The highest BCUT2D eigenvalue weighted by molar-refractivity contribution is 5.64. The van der Waals surface area contributed by atoms with Crippen LogP contribution in [-0.4, -0.2) is 25.7 Å². The SMILES string of the molecule is Cc1cccc(C#N)c1N1CCN[C@H](C)C1. The summed E-state index contributed by atoms with van der Waals surface area (Å²) in [6.07, 6.45) is 0. The van der Waals surface area contributed by atoms with Gasteiger partial charge in [-0.3, -0.25) is 0 Å². The highest BCUT2D eigenvalue weighted by Crippen LogP contribution is 2.25. The number of rotatable bonds is 1. The lowest BCUT2D eigenvalue weighted by atomic mass is 10.1. The second kappa shape index (κ2) is 4.54. The summed E-state index contributed by atoms with van der Waals surface area (Å²) in [6.45, 7) is 7.18. The van der Waals surface area contributed by atoms with E-state index in [9.17, 15) is 0 Å². The maximum Gasteiger partial charge on any atom is 0.101 e. The molecule has 3 heteroatoms. The highest BCUT2D eigenvalue weighted by atomic mass is 15.2. The van der Waals surface area contributed by atoms with Gasteiger partial charge >= 0.3 is 0 Å². The molecule has 1 N–H and O–H groups in total. The molecule has 1 heterocycles. The van der Waals surface area contributed by atoms with Gasteiger partial charge in [-0.05, 0) is 25.5 Å². The molecule has 0 spiro atoms. The van der Waals surface area contributed by atoms with Crippen molar-refractivity contribution in [2.75, 3.05) is 24.5 Å². The van der Waals surface area contributed by atoms with Crippen molar-refractivity contribution in [2.45, 2.75) is 19.9 Å². The third kappa shape index (κ3) is 2.02. The molecule has 84 valence electrons. The summed E-state index contributed by atoms with van der Waals surface area (Å²) in [5.41, 5.74) is 3.08. The number of piperazine rings is 1. The summed E-state index contributed by atoms with van der Waals surface area (Å²) >= 11 is 0. The minimum absolute atomic E-state index is 0.486. The number of nitrogens with zero attached hydrogens (tertiary/aromatic N) is 2. The summed E-state index contributed by atoms with van der Waals surface area (Å²) in [5.74, 6) is 0. The number of para-hydroxylation sites is 1. The van der Waals surface area contributed by atoms with Crippen molar-refractivity contribution < 1.29 is 0 Å². The quantitative estimate of drug-likeness (QED) is 0.774. The molecule has 3 nitrogen and oxygen atoms in total. The maximum absolute atomic E-state index is 9.15. The van der Waals surface area contributed by atoms with Crippen molar-refractivity contribution in [3.8, 4) is 6.07 Å². The second-order valence-corrected chi connectivity index (χ2v) is 4.38. The van der Waals surface area contributed by atoms with Crippen LogP contribution in [0.4, 0.5) is 5.69 Å². The molecular formula is C13H17N3. The zero-order chi connectivity index (χ0) is 11.5. The number of hydrogen-bond donors (Lipinski definition) is 1. The standard InChI is InChI=1S/C13H17N3/c1-10-4-3-5-12(8-14)13(10)16-7-6-15-11(2)9-16/h3-5,11,15H,6-7,9H2,1-2H3/t11-/m1/s1. The van der Waals surface area contributed by atoms with Crippen LogP contribution in [0, 0.1) is 18.3 Å². The molecule has 1 aliphatic heterocycles. The van der Waals surface area contributed by atoms with Gasteiger partial charge in [-0.25, -0.2) is 0 Å². The fourth-order valence-corrected chi connectivity index (χ4v) is 2.30. The van der Waals surface area contributed by atoms with Gasteiger partial charge in [0, 0.05) is 25.7 Å². The minimum atomic E-state index is 0.486. The van der Waals surface area contributed by atoms with Crippen LogP contribution in [0.2, 0.25) is 0 Å². The molecule has 16 heavy (non-hydrogen) atoms. The molecule has 1 aromatic rings. The molecule has 0 bridgehead atoms. The van der Waals surface area contributed by atoms with E-state index >= 15 is 0 Å². The summed E-state index contributed by atoms with van der Waals surface area (Å²) in [6, 6.07) is 8.69. The molecule has 1 aliphatic rings. The monoisotopic (exact) mass is 215 g/mol. The van der Waals surface area contributed by atoms with Gasteiger partial charge in [-0.15, -0.1) is 0 Å². The molecule has 1 aromatic carbocycles. The number of benzene rings is 1. The Kier molecular flexibility index (Phi) is 3.12. The first-order chi connectivity index (χ1) is 7.72. The fourth-order valence-electron chi connectivity index (χ4n) is 2.30. The number of aryl methyl sites for hydroxylation is 1. The zero-order valence-electron chi connectivity index (χ0n) is 9.83. The van der Waals surface area contributed by atoms with Gasteiger partial charge in [0.25, 0.3) is 0 Å². The topological polar surface area (TPSA) is 39.1 Å². The zero-order valence-corrected chi connectivity index (χ0v) is 9.83. The Bertz CT molecular complexity index is 420. The van der Waals surface area contributed by atoms with Crippen molar-refractivity contribution in [1.29, 1.82) is 5.26 Å². The van der Waals surface area contributed by atoms with E-state index in [4.69, 9.17) is 5.26 Å². The molecule has 0 aromatic heterocycles. The third-order valence-electron chi connectivity index (χ3n) is 3.04. The lowest BCUT2D eigenvalue weighted by Crippen LogP contribution is -2.49. The van der Waals surface area contributed by atoms with E-state index in [0.717, 1.165) is 30.9 Å². The van der Waals surface area contributed by atoms with Crippen molar-refractivity contribution in [1.82, 2.24) is 5.32 Å². The van der Waals surface area contributed by atoms with Crippen LogP contribution in [0.15, 0.2) is 18.2 Å². The Morgan fingerprint density at radius 2 is 2.31 bits per heavy atom. The molecule has 0 saturated carbocycles. The van der Waals surface area contributed by atoms with E-state index in [-0.39, 0.29) is 0 Å². The first-order valence-corrected chi connectivity index (χ1v) is 5.70. The van der Waals surface area contributed by atoms with Crippen molar-refractivity contribution in [2.24, 2.45) is 0 Å². The van der Waals surface area contributed by atoms with Gasteiger partial charge in [0.1, 0.15) is 6.07 Å². The Morgan fingerprint density at radius 3 is 3.00 bits per heavy atom. The summed E-state index contributed by atoms with van der Waals surface area (Å²) in [4.78, 5) is 2.31. The van der Waals surface area contributed by atoms with Crippen LogP contribution in [0.5, 0.6) is 0 Å². The Balaban J connectivity index is 2.35. The van der Waals surface area contributed by atoms with Crippen LogP contribution in [0.3, 0.4) is 0 Å². The highest BCUT2D eigenvalue weighted by Gasteiger charge is 2.19. The van der Waals surface area contributed by atoms with E-state index < -0.39 is 0 Å². The smallest absolute Gasteiger partial charge is 0.101 e. The minimum Gasteiger partial charge on any atom is -0.367 e. The Morgan fingerprint density at radius 1 is 1.50 bits per heavy atom. The van der Waals surface area contributed by atoms with Crippen LogP contribution in [0.1, 0.15) is 18.1 Å². The average molecular weight is 215 g/mol. The molecular weight excluding hydrogens is 198 g/mol. The first kappa shape index (κ1) is 11.0. The number of hydrogen-bond acceptors (Lipinski definition) is 3. The van der Waals surface area contributed by atoms with Crippen molar-refractivity contribution in [3.63, 3.8) is 0 Å². The molecule has 0 unspecified atom stereocenters. The molecule has 0 aliphatic carbocycles. The van der Waals surface area contributed by atoms with Crippen LogP contribution < -0.4 is 10.2 Å². The normalized spacial score (nSPS) is 20.6. The van der Waals surface area contributed by atoms with Gasteiger partial charge in [0.15, 0.2) is 0 Å². The molecule has 2 rings (SSSR count). The predicted molar refractivity (Wildman–Crippen MR) is 65.6 cm³/mol. The van der Waals surface area contributed by atoms with Gasteiger partial charge < -0.3 is 10.2 Å². The van der Waals surface area contributed by atoms with Crippen molar-refractivity contribution >= 4 is 5.69 Å². The molecule has 0 radical (unpaired) electrons. The molecule has 1 saturated heterocycles. The van der Waals surface area contributed by atoms with E-state index in [1.165, 1.54) is 5.56 Å².